The molecule has 0 spiro atoms. The molecule has 0 bridgehead atoms. The second-order valence-corrected chi connectivity index (χ2v) is 2.87. The number of aliphatic hydroxyl groups excluding tert-OH is 4. The highest BCUT2D eigenvalue weighted by Crippen LogP contribution is 2.36. The first-order chi connectivity index (χ1) is 5.54. The van der Waals surface area contributed by atoms with Gasteiger partial charge >= 0.3 is 0 Å². The number of hydrogen-bond donors (Lipinski definition) is 4. The lowest BCUT2D eigenvalue weighted by molar-refractivity contribution is -0.0507. The maximum atomic E-state index is 9.31. The predicted octanol–water partition coefficient (Wildman–Crippen LogP) is -1.76. The van der Waals surface area contributed by atoms with Crippen LogP contribution >= 0.6 is 0 Å². The second-order valence-electron chi connectivity index (χ2n) is 2.87. The van der Waals surface area contributed by atoms with Gasteiger partial charge in [0.1, 0.15) is 12.2 Å². The fourth-order valence-corrected chi connectivity index (χ4v) is 0.996. The van der Waals surface area contributed by atoms with Crippen LogP contribution in [-0.2, 0) is 0 Å². The van der Waals surface area contributed by atoms with E-state index in [4.69, 9.17) is 15.3 Å². The van der Waals surface area contributed by atoms with Gasteiger partial charge in [-0.1, -0.05) is 0 Å². The van der Waals surface area contributed by atoms with Gasteiger partial charge in [-0.25, -0.2) is 0 Å². The van der Waals surface area contributed by atoms with E-state index in [1.165, 1.54) is 6.92 Å². The fraction of sp³-hybridized carbons (Fsp3) is 1.00. The molecule has 0 radical (unpaired) electrons. The standard InChI is InChI=1S/C6H12N2O4/c1-3(10)5(12)6(7-8-6)4(11)2-9/h3-5,9-12H,2H2,1H3/t3-,4+,5-/m1/s1. The van der Waals surface area contributed by atoms with E-state index < -0.39 is 30.6 Å². The van der Waals surface area contributed by atoms with Gasteiger partial charge < -0.3 is 20.4 Å². The van der Waals surface area contributed by atoms with Gasteiger partial charge in [-0.15, -0.1) is 0 Å². The summed E-state index contributed by atoms with van der Waals surface area (Å²) in [6.07, 6.45) is -3.55. The van der Waals surface area contributed by atoms with Crippen LogP contribution in [0.1, 0.15) is 6.92 Å². The van der Waals surface area contributed by atoms with Gasteiger partial charge in [0.15, 0.2) is 0 Å². The molecular formula is C6H12N2O4. The molecule has 1 rings (SSSR count). The number of aliphatic hydroxyl groups is 4. The Kier molecular flexibility index (Phi) is 2.43. The van der Waals surface area contributed by atoms with Gasteiger partial charge in [0.25, 0.3) is 0 Å². The van der Waals surface area contributed by atoms with Crippen molar-refractivity contribution in [3.05, 3.63) is 0 Å². The maximum absolute atomic E-state index is 9.31. The molecule has 1 aliphatic rings. The first kappa shape index (κ1) is 9.53. The molecule has 0 saturated carbocycles. The molecule has 0 fully saturated rings. The van der Waals surface area contributed by atoms with Crippen molar-refractivity contribution < 1.29 is 20.4 Å². The van der Waals surface area contributed by atoms with Crippen molar-refractivity contribution in [1.29, 1.82) is 0 Å². The summed E-state index contributed by atoms with van der Waals surface area (Å²) in [4.78, 5) is 0. The average molecular weight is 176 g/mol. The average Bonchev–Trinajstić information content (AvgIpc) is 2.82. The van der Waals surface area contributed by atoms with Crippen LogP contribution in [0.5, 0.6) is 0 Å². The summed E-state index contributed by atoms with van der Waals surface area (Å²) in [7, 11) is 0. The van der Waals surface area contributed by atoms with Crippen molar-refractivity contribution in [3.63, 3.8) is 0 Å². The van der Waals surface area contributed by atoms with Gasteiger partial charge in [-0.3, -0.25) is 0 Å². The Balaban J connectivity index is 2.60. The Morgan fingerprint density at radius 2 is 1.75 bits per heavy atom. The molecule has 1 heterocycles. The maximum Gasteiger partial charge on any atom is 0.246 e. The quantitative estimate of drug-likeness (QED) is 0.407. The molecule has 6 nitrogen and oxygen atoms in total. The van der Waals surface area contributed by atoms with Crippen molar-refractivity contribution in [2.24, 2.45) is 10.2 Å². The minimum Gasteiger partial charge on any atom is -0.394 e. The van der Waals surface area contributed by atoms with E-state index in [0.717, 1.165) is 0 Å². The molecule has 4 N–H and O–H groups in total. The zero-order chi connectivity index (χ0) is 9.35. The van der Waals surface area contributed by atoms with Crippen LogP contribution in [-0.4, -0.2) is 51.0 Å². The summed E-state index contributed by atoms with van der Waals surface area (Å²) in [5.41, 5.74) is -1.40. The fourth-order valence-electron chi connectivity index (χ4n) is 0.996. The molecule has 3 atom stereocenters. The first-order valence-electron chi connectivity index (χ1n) is 3.63. The summed E-state index contributed by atoms with van der Waals surface area (Å²) in [6.45, 7) is 0.816. The lowest BCUT2D eigenvalue weighted by Gasteiger charge is -2.23. The molecular weight excluding hydrogens is 164 g/mol. The van der Waals surface area contributed by atoms with Crippen molar-refractivity contribution >= 4 is 0 Å². The highest BCUT2D eigenvalue weighted by molar-refractivity contribution is 5.06. The summed E-state index contributed by atoms with van der Waals surface area (Å²) in [5, 5.41) is 42.9. The highest BCUT2D eigenvalue weighted by atomic mass is 16.3. The van der Waals surface area contributed by atoms with Crippen LogP contribution in [0.3, 0.4) is 0 Å². The molecule has 6 heteroatoms. The predicted molar refractivity (Wildman–Crippen MR) is 38.4 cm³/mol. The van der Waals surface area contributed by atoms with Crippen LogP contribution in [0.25, 0.3) is 0 Å². The van der Waals surface area contributed by atoms with Gasteiger partial charge in [0, 0.05) is 0 Å². The van der Waals surface area contributed by atoms with Gasteiger partial charge in [0.2, 0.25) is 5.66 Å². The first-order valence-corrected chi connectivity index (χ1v) is 3.63. The van der Waals surface area contributed by atoms with Crippen molar-refractivity contribution in [1.82, 2.24) is 0 Å². The van der Waals surface area contributed by atoms with Crippen molar-refractivity contribution in [2.75, 3.05) is 6.61 Å². The van der Waals surface area contributed by atoms with Crippen LogP contribution in [0.2, 0.25) is 0 Å². The number of rotatable bonds is 4. The Hall–Kier alpha value is -0.560. The third-order valence-electron chi connectivity index (χ3n) is 1.89. The Labute approximate surface area is 69.2 Å². The van der Waals surface area contributed by atoms with E-state index in [-0.39, 0.29) is 0 Å². The molecule has 70 valence electrons. The van der Waals surface area contributed by atoms with Crippen LogP contribution in [0.4, 0.5) is 0 Å². The van der Waals surface area contributed by atoms with E-state index >= 15 is 0 Å². The molecule has 0 amide bonds. The largest absolute Gasteiger partial charge is 0.394 e. The summed E-state index contributed by atoms with van der Waals surface area (Å²) in [5.74, 6) is 0. The van der Waals surface area contributed by atoms with Crippen LogP contribution in [0, 0.1) is 0 Å². The summed E-state index contributed by atoms with van der Waals surface area (Å²) >= 11 is 0. The van der Waals surface area contributed by atoms with E-state index in [1.54, 1.807) is 0 Å². The zero-order valence-corrected chi connectivity index (χ0v) is 6.62. The molecule has 0 saturated heterocycles. The Morgan fingerprint density at radius 1 is 1.25 bits per heavy atom. The van der Waals surface area contributed by atoms with E-state index in [1.807, 2.05) is 0 Å². The van der Waals surface area contributed by atoms with Crippen LogP contribution in [0.15, 0.2) is 10.2 Å². The van der Waals surface area contributed by atoms with Gasteiger partial charge in [-0.05, 0) is 6.92 Å². The van der Waals surface area contributed by atoms with Gasteiger partial charge in [0.05, 0.1) is 12.7 Å². The molecule has 0 aromatic rings. The van der Waals surface area contributed by atoms with E-state index in [9.17, 15) is 5.11 Å². The third kappa shape index (κ3) is 1.34. The molecule has 0 aromatic heterocycles. The summed E-state index contributed by atoms with van der Waals surface area (Å²) in [6, 6.07) is 0. The second kappa shape index (κ2) is 3.06. The minimum absolute atomic E-state index is 0.545. The van der Waals surface area contributed by atoms with Gasteiger partial charge in [-0.2, -0.15) is 10.2 Å². The smallest absolute Gasteiger partial charge is 0.246 e. The lowest BCUT2D eigenvalue weighted by Crippen LogP contribution is -2.48. The Bertz CT molecular complexity index is 188. The highest BCUT2D eigenvalue weighted by Gasteiger charge is 2.55. The molecule has 1 aliphatic heterocycles. The van der Waals surface area contributed by atoms with Crippen LogP contribution < -0.4 is 0 Å². The lowest BCUT2D eigenvalue weighted by atomic mass is 9.97. The number of hydrogen-bond acceptors (Lipinski definition) is 6. The normalized spacial score (nSPS) is 26.4. The molecule has 0 aliphatic carbocycles. The third-order valence-corrected chi connectivity index (χ3v) is 1.89. The molecule has 0 unspecified atom stereocenters. The monoisotopic (exact) mass is 176 g/mol. The SMILES string of the molecule is C[C@@H](O)[C@@H](O)C1([C@@H](O)CO)N=N1. The minimum atomic E-state index is -1.40. The molecule has 0 aromatic carbocycles. The van der Waals surface area contributed by atoms with E-state index in [2.05, 4.69) is 10.2 Å². The zero-order valence-electron chi connectivity index (χ0n) is 6.62. The molecule has 12 heavy (non-hydrogen) atoms. The summed E-state index contributed by atoms with van der Waals surface area (Å²) < 4.78 is 0. The van der Waals surface area contributed by atoms with Crippen molar-refractivity contribution in [2.45, 2.75) is 30.9 Å². The van der Waals surface area contributed by atoms with E-state index in [0.29, 0.717) is 0 Å². The topological polar surface area (TPSA) is 106 Å². The van der Waals surface area contributed by atoms with Crippen molar-refractivity contribution in [3.8, 4) is 0 Å². The number of nitrogens with zero attached hydrogens (tertiary/aromatic N) is 2. The Morgan fingerprint density at radius 3 is 2.00 bits per heavy atom.